The van der Waals surface area contributed by atoms with E-state index in [1.54, 1.807) is 35.4 Å². The summed E-state index contributed by atoms with van der Waals surface area (Å²) in [7, 11) is 1.43. The van der Waals surface area contributed by atoms with E-state index in [0.29, 0.717) is 22.6 Å². The summed E-state index contributed by atoms with van der Waals surface area (Å²) >= 11 is 0. The zero-order valence-corrected chi connectivity index (χ0v) is 21.8. The van der Waals surface area contributed by atoms with Gasteiger partial charge in [0.1, 0.15) is 30.7 Å². The number of carbonyl (C=O) groups excluding carboxylic acids is 1. The normalized spacial score (nSPS) is 13.4. The molecule has 0 radical (unpaired) electrons. The van der Waals surface area contributed by atoms with Crippen LogP contribution in [0.15, 0.2) is 54.7 Å². The van der Waals surface area contributed by atoms with Crippen LogP contribution in [0.3, 0.4) is 0 Å². The number of ether oxygens (including phenoxy) is 1. The van der Waals surface area contributed by atoms with Gasteiger partial charge in [0, 0.05) is 38.0 Å². The van der Waals surface area contributed by atoms with Crippen molar-refractivity contribution in [1.29, 1.82) is 0 Å². The Balaban J connectivity index is 2.17. The number of hydrogen-bond donors (Lipinski definition) is 1. The summed E-state index contributed by atoms with van der Waals surface area (Å²) in [5.74, 6) is -0.521. The molecule has 37 heavy (non-hydrogen) atoms. The highest BCUT2D eigenvalue weighted by atomic mass is 19.1. The van der Waals surface area contributed by atoms with E-state index in [-0.39, 0.29) is 37.8 Å². The molecule has 200 valence electrons. The average molecular weight is 517 g/mol. The van der Waals surface area contributed by atoms with Crippen LogP contribution in [0.5, 0.6) is 0 Å². The number of aromatic nitrogens is 2. The molecule has 0 fully saturated rings. The highest BCUT2D eigenvalue weighted by molar-refractivity contribution is 5.78. The van der Waals surface area contributed by atoms with Gasteiger partial charge < -0.3 is 19.9 Å². The maximum atomic E-state index is 14.0. The lowest BCUT2D eigenvalue weighted by Gasteiger charge is -2.40. The maximum absolute atomic E-state index is 14.0. The lowest BCUT2D eigenvalue weighted by atomic mass is 9.84. The van der Waals surface area contributed by atoms with Crippen molar-refractivity contribution < 1.29 is 22.7 Å². The number of amides is 1. The van der Waals surface area contributed by atoms with Crippen molar-refractivity contribution in [2.75, 3.05) is 26.9 Å². The molecule has 2 atom stereocenters. The second-order valence-electron chi connectivity index (χ2n) is 10.2. The van der Waals surface area contributed by atoms with Crippen LogP contribution in [0.1, 0.15) is 44.6 Å². The Morgan fingerprint density at radius 1 is 1.14 bits per heavy atom. The topological polar surface area (TPSA) is 73.4 Å². The SMILES string of the molecule is COCC(=O)N(CC[C@H](N)CF)[C@@H](c1nc(-c2cccc(F)c2)cn1Cc1cccc(F)c1)C(C)(C)C. The Labute approximate surface area is 216 Å². The Morgan fingerprint density at radius 2 is 1.81 bits per heavy atom. The van der Waals surface area contributed by atoms with E-state index in [4.69, 9.17) is 15.5 Å². The lowest BCUT2D eigenvalue weighted by molar-refractivity contribution is -0.140. The standard InChI is InChI=1S/C28H35F3N4O2/c1-28(2,3)26(35(25(36)18-37-4)12-11-23(32)15-29)27-33-24(20-8-6-10-22(31)14-20)17-34(27)16-19-7-5-9-21(30)13-19/h5-10,13-14,17,23,26H,11-12,15-16,18,32H2,1-4H3/t23-,26-/m0/s1. The molecule has 2 N–H and O–H groups in total. The molecule has 2 aromatic carbocycles. The molecule has 0 saturated heterocycles. The predicted octanol–water partition coefficient (Wildman–Crippen LogP) is 5.13. The van der Waals surface area contributed by atoms with Crippen LogP contribution in [0.4, 0.5) is 13.2 Å². The summed E-state index contributed by atoms with van der Waals surface area (Å²) < 4.78 is 48.2. The van der Waals surface area contributed by atoms with Gasteiger partial charge >= 0.3 is 0 Å². The van der Waals surface area contributed by atoms with Crippen molar-refractivity contribution in [1.82, 2.24) is 14.5 Å². The van der Waals surface area contributed by atoms with Gasteiger partial charge in [0.05, 0.1) is 11.7 Å². The van der Waals surface area contributed by atoms with Gasteiger partial charge in [-0.3, -0.25) is 4.79 Å². The Bertz CT molecular complexity index is 1190. The first-order chi connectivity index (χ1) is 17.5. The Morgan fingerprint density at radius 3 is 2.41 bits per heavy atom. The number of carbonyl (C=O) groups is 1. The summed E-state index contributed by atoms with van der Waals surface area (Å²) in [6.45, 7) is 5.52. The fourth-order valence-electron chi connectivity index (χ4n) is 4.37. The first-order valence-electron chi connectivity index (χ1n) is 12.2. The van der Waals surface area contributed by atoms with Crippen molar-refractivity contribution in [2.45, 2.75) is 45.8 Å². The number of hydrogen-bond acceptors (Lipinski definition) is 4. The van der Waals surface area contributed by atoms with Crippen LogP contribution >= 0.6 is 0 Å². The molecular weight excluding hydrogens is 481 g/mol. The summed E-state index contributed by atoms with van der Waals surface area (Å²) in [6, 6.07) is 11.0. The molecule has 6 nitrogen and oxygen atoms in total. The summed E-state index contributed by atoms with van der Waals surface area (Å²) in [5, 5.41) is 0. The van der Waals surface area contributed by atoms with Crippen LogP contribution in [-0.4, -0.2) is 53.3 Å². The number of benzene rings is 2. The predicted molar refractivity (Wildman–Crippen MR) is 137 cm³/mol. The highest BCUT2D eigenvalue weighted by Gasteiger charge is 2.38. The van der Waals surface area contributed by atoms with E-state index in [2.05, 4.69) is 0 Å². The number of imidazole rings is 1. The quantitative estimate of drug-likeness (QED) is 0.384. The second kappa shape index (κ2) is 12.4. The molecule has 1 amide bonds. The molecule has 0 spiro atoms. The van der Waals surface area contributed by atoms with E-state index in [1.165, 1.54) is 31.4 Å². The van der Waals surface area contributed by atoms with Crippen LogP contribution < -0.4 is 5.73 Å². The molecule has 0 unspecified atom stereocenters. The first kappa shape index (κ1) is 28.4. The number of methoxy groups -OCH3 is 1. The van der Waals surface area contributed by atoms with Crippen LogP contribution in [0, 0.1) is 17.0 Å². The second-order valence-corrected chi connectivity index (χ2v) is 10.2. The molecule has 0 aliphatic heterocycles. The van der Waals surface area contributed by atoms with Gasteiger partial charge in [0.25, 0.3) is 0 Å². The van der Waals surface area contributed by atoms with E-state index in [1.807, 2.05) is 25.3 Å². The van der Waals surface area contributed by atoms with E-state index in [0.717, 1.165) is 0 Å². The van der Waals surface area contributed by atoms with Gasteiger partial charge in [-0.1, -0.05) is 45.0 Å². The fraction of sp³-hybridized carbons (Fsp3) is 0.429. The zero-order chi connectivity index (χ0) is 27.2. The Kier molecular flexibility index (Phi) is 9.50. The molecule has 0 aliphatic rings. The van der Waals surface area contributed by atoms with E-state index < -0.39 is 30.0 Å². The molecule has 3 aromatic rings. The smallest absolute Gasteiger partial charge is 0.249 e. The van der Waals surface area contributed by atoms with E-state index in [9.17, 15) is 18.0 Å². The van der Waals surface area contributed by atoms with Crippen molar-refractivity contribution in [3.63, 3.8) is 0 Å². The number of nitrogens with zero attached hydrogens (tertiary/aromatic N) is 3. The minimum absolute atomic E-state index is 0.168. The van der Waals surface area contributed by atoms with Crippen molar-refractivity contribution >= 4 is 5.91 Å². The lowest BCUT2D eigenvalue weighted by Crippen LogP contribution is -2.45. The summed E-state index contributed by atoms with van der Waals surface area (Å²) in [4.78, 5) is 19.8. The summed E-state index contributed by atoms with van der Waals surface area (Å²) in [6.07, 6.45) is 2.03. The van der Waals surface area contributed by atoms with Gasteiger partial charge in [-0.25, -0.2) is 18.2 Å². The van der Waals surface area contributed by atoms with Crippen molar-refractivity contribution in [3.8, 4) is 11.3 Å². The molecule has 0 bridgehead atoms. The number of rotatable bonds is 11. The molecular formula is C28H35F3N4O2. The zero-order valence-electron chi connectivity index (χ0n) is 21.8. The van der Waals surface area contributed by atoms with Crippen molar-refractivity contribution in [2.24, 2.45) is 11.1 Å². The van der Waals surface area contributed by atoms with Gasteiger partial charge in [-0.05, 0) is 41.7 Å². The third kappa shape index (κ3) is 7.42. The maximum Gasteiger partial charge on any atom is 0.249 e. The monoisotopic (exact) mass is 516 g/mol. The van der Waals surface area contributed by atoms with E-state index >= 15 is 0 Å². The first-order valence-corrected chi connectivity index (χ1v) is 12.2. The molecule has 0 aliphatic carbocycles. The highest BCUT2D eigenvalue weighted by Crippen LogP contribution is 2.39. The number of alkyl halides is 1. The van der Waals surface area contributed by atoms with Gasteiger partial charge in [0.15, 0.2) is 0 Å². The minimum Gasteiger partial charge on any atom is -0.375 e. The average Bonchev–Trinajstić information content (AvgIpc) is 3.23. The molecule has 1 aromatic heterocycles. The largest absolute Gasteiger partial charge is 0.375 e. The number of halogens is 3. The van der Waals surface area contributed by atoms with Crippen molar-refractivity contribution in [3.05, 3.63) is 77.8 Å². The molecule has 1 heterocycles. The summed E-state index contributed by atoms with van der Waals surface area (Å²) in [5.41, 5.74) is 7.11. The van der Waals surface area contributed by atoms with Gasteiger partial charge in [-0.15, -0.1) is 0 Å². The van der Waals surface area contributed by atoms with Gasteiger partial charge in [0.2, 0.25) is 5.91 Å². The van der Waals surface area contributed by atoms with Gasteiger partial charge in [-0.2, -0.15) is 0 Å². The Hall–Kier alpha value is -3.17. The molecule has 0 saturated carbocycles. The number of nitrogens with two attached hydrogens (primary N) is 1. The molecule has 3 rings (SSSR count). The molecule has 9 heteroatoms. The fourth-order valence-corrected chi connectivity index (χ4v) is 4.37. The minimum atomic E-state index is -0.714. The third-order valence-electron chi connectivity index (χ3n) is 6.07. The van der Waals surface area contributed by atoms with Crippen LogP contribution in [0.2, 0.25) is 0 Å². The van der Waals surface area contributed by atoms with Crippen LogP contribution in [-0.2, 0) is 16.1 Å². The third-order valence-corrected chi connectivity index (χ3v) is 6.07. The van der Waals surface area contributed by atoms with Crippen LogP contribution in [0.25, 0.3) is 11.3 Å².